The van der Waals surface area contributed by atoms with Gasteiger partial charge in [0.25, 0.3) is 5.56 Å². The molecule has 0 radical (unpaired) electrons. The fraction of sp³-hybridized carbons (Fsp3) is 0.263. The van der Waals surface area contributed by atoms with Crippen LogP contribution in [-0.4, -0.2) is 37.1 Å². The van der Waals surface area contributed by atoms with Crippen molar-refractivity contribution < 1.29 is 9.18 Å². The summed E-state index contributed by atoms with van der Waals surface area (Å²) in [6.45, 7) is 2.75. The summed E-state index contributed by atoms with van der Waals surface area (Å²) in [4.78, 5) is 30.9. The van der Waals surface area contributed by atoms with Gasteiger partial charge in [0.15, 0.2) is 5.82 Å². The van der Waals surface area contributed by atoms with E-state index in [2.05, 4.69) is 15.2 Å². The van der Waals surface area contributed by atoms with E-state index in [1.165, 1.54) is 16.7 Å². The SMILES string of the molecule is Cc1nc(CC(=O)N2CCc3cc(=O)n(-c4ccc(F)cc4)cc3C2)n[nH]1. The molecule has 7 nitrogen and oxygen atoms in total. The zero-order chi connectivity index (χ0) is 19.0. The summed E-state index contributed by atoms with van der Waals surface area (Å²) in [7, 11) is 0. The Labute approximate surface area is 154 Å². The number of nitrogens with zero attached hydrogens (tertiary/aromatic N) is 4. The number of halogens is 1. The molecule has 138 valence electrons. The van der Waals surface area contributed by atoms with Gasteiger partial charge in [-0.05, 0) is 48.7 Å². The highest BCUT2D eigenvalue weighted by Crippen LogP contribution is 2.19. The summed E-state index contributed by atoms with van der Waals surface area (Å²) in [6.07, 6.45) is 2.49. The van der Waals surface area contributed by atoms with Crippen LogP contribution in [0.15, 0.2) is 41.3 Å². The van der Waals surface area contributed by atoms with Crippen molar-refractivity contribution in [1.82, 2.24) is 24.6 Å². The van der Waals surface area contributed by atoms with Crippen LogP contribution in [0, 0.1) is 12.7 Å². The molecule has 0 unspecified atom stereocenters. The molecule has 1 aliphatic heterocycles. The fourth-order valence-electron chi connectivity index (χ4n) is 3.26. The number of pyridine rings is 1. The van der Waals surface area contributed by atoms with E-state index in [1.807, 2.05) is 0 Å². The van der Waals surface area contributed by atoms with Gasteiger partial charge in [0.1, 0.15) is 11.6 Å². The molecule has 0 aliphatic carbocycles. The van der Waals surface area contributed by atoms with Gasteiger partial charge in [-0.1, -0.05) is 0 Å². The van der Waals surface area contributed by atoms with Crippen LogP contribution < -0.4 is 5.56 Å². The monoisotopic (exact) mass is 367 g/mol. The van der Waals surface area contributed by atoms with Gasteiger partial charge in [0.05, 0.1) is 6.42 Å². The van der Waals surface area contributed by atoms with Crippen LogP contribution in [0.25, 0.3) is 5.69 Å². The molecule has 2 aromatic heterocycles. The van der Waals surface area contributed by atoms with Crippen LogP contribution in [0.1, 0.15) is 22.8 Å². The Hall–Kier alpha value is -3.29. The van der Waals surface area contributed by atoms with E-state index in [0.717, 1.165) is 11.1 Å². The van der Waals surface area contributed by atoms with Crippen LogP contribution in [0.3, 0.4) is 0 Å². The quantitative estimate of drug-likeness (QED) is 0.761. The number of H-pyrrole nitrogens is 1. The number of amides is 1. The number of aryl methyl sites for hydroxylation is 1. The Morgan fingerprint density at radius 2 is 2.04 bits per heavy atom. The summed E-state index contributed by atoms with van der Waals surface area (Å²) in [5, 5.41) is 6.74. The lowest BCUT2D eigenvalue weighted by Gasteiger charge is -2.29. The molecule has 0 spiro atoms. The number of nitrogens with one attached hydrogen (secondary N) is 1. The number of aromatic amines is 1. The predicted molar refractivity (Wildman–Crippen MR) is 95.9 cm³/mol. The van der Waals surface area contributed by atoms with Crippen molar-refractivity contribution in [3.63, 3.8) is 0 Å². The third-order valence-electron chi connectivity index (χ3n) is 4.66. The third-order valence-corrected chi connectivity index (χ3v) is 4.66. The lowest BCUT2D eigenvalue weighted by atomic mass is 10.0. The lowest BCUT2D eigenvalue weighted by Crippen LogP contribution is -2.38. The average molecular weight is 367 g/mol. The summed E-state index contributed by atoms with van der Waals surface area (Å²) < 4.78 is 14.6. The summed E-state index contributed by atoms with van der Waals surface area (Å²) in [5.41, 5.74) is 2.26. The van der Waals surface area contributed by atoms with E-state index >= 15 is 0 Å². The van der Waals surface area contributed by atoms with Crippen molar-refractivity contribution in [2.24, 2.45) is 0 Å². The number of benzene rings is 1. The van der Waals surface area contributed by atoms with Gasteiger partial charge in [0, 0.05) is 31.0 Å². The minimum absolute atomic E-state index is 0.0563. The van der Waals surface area contributed by atoms with Gasteiger partial charge in [0.2, 0.25) is 5.91 Å². The minimum atomic E-state index is -0.358. The summed E-state index contributed by atoms with van der Waals surface area (Å²) in [5.74, 6) is 0.729. The van der Waals surface area contributed by atoms with Gasteiger partial charge in [-0.3, -0.25) is 19.3 Å². The predicted octanol–water partition coefficient (Wildman–Crippen LogP) is 1.53. The third kappa shape index (κ3) is 3.51. The molecule has 27 heavy (non-hydrogen) atoms. The molecule has 0 saturated heterocycles. The molecule has 0 bridgehead atoms. The van der Waals surface area contributed by atoms with Crippen LogP contribution in [0.5, 0.6) is 0 Å². The molecule has 4 rings (SSSR count). The molecule has 1 aromatic carbocycles. The van der Waals surface area contributed by atoms with Crippen molar-refractivity contribution in [2.45, 2.75) is 26.3 Å². The molecule has 3 heterocycles. The van der Waals surface area contributed by atoms with E-state index in [0.29, 0.717) is 36.8 Å². The summed E-state index contributed by atoms with van der Waals surface area (Å²) >= 11 is 0. The number of rotatable bonds is 3. The van der Waals surface area contributed by atoms with Crippen molar-refractivity contribution >= 4 is 5.91 Å². The summed E-state index contributed by atoms with van der Waals surface area (Å²) in [6, 6.07) is 7.34. The van der Waals surface area contributed by atoms with Gasteiger partial charge >= 0.3 is 0 Å². The number of aromatic nitrogens is 4. The Bertz CT molecular complexity index is 1050. The maximum atomic E-state index is 13.2. The Morgan fingerprint density at radius 1 is 1.26 bits per heavy atom. The van der Waals surface area contributed by atoms with E-state index in [9.17, 15) is 14.0 Å². The van der Waals surface area contributed by atoms with Crippen LogP contribution in [0.2, 0.25) is 0 Å². The van der Waals surface area contributed by atoms with Crippen LogP contribution in [0.4, 0.5) is 4.39 Å². The second-order valence-corrected chi connectivity index (χ2v) is 6.59. The first-order valence-corrected chi connectivity index (χ1v) is 8.65. The first-order valence-electron chi connectivity index (χ1n) is 8.65. The first-order chi connectivity index (χ1) is 13.0. The number of carbonyl (C=O) groups is 1. The van der Waals surface area contributed by atoms with E-state index in [4.69, 9.17) is 0 Å². The topological polar surface area (TPSA) is 83.9 Å². The van der Waals surface area contributed by atoms with Crippen molar-refractivity contribution in [2.75, 3.05) is 6.54 Å². The second-order valence-electron chi connectivity index (χ2n) is 6.59. The largest absolute Gasteiger partial charge is 0.338 e. The van der Waals surface area contributed by atoms with Crippen molar-refractivity contribution in [3.8, 4) is 5.69 Å². The van der Waals surface area contributed by atoms with E-state index in [-0.39, 0.29) is 23.7 Å². The molecule has 0 fully saturated rings. The van der Waals surface area contributed by atoms with Crippen LogP contribution in [-0.2, 0) is 24.2 Å². The normalized spacial score (nSPS) is 13.5. The smallest absolute Gasteiger partial charge is 0.255 e. The highest BCUT2D eigenvalue weighted by Gasteiger charge is 2.23. The number of fused-ring (bicyclic) bond motifs is 1. The molecule has 1 aliphatic rings. The lowest BCUT2D eigenvalue weighted by molar-refractivity contribution is -0.131. The highest BCUT2D eigenvalue weighted by atomic mass is 19.1. The van der Waals surface area contributed by atoms with E-state index in [1.54, 1.807) is 36.2 Å². The molecule has 8 heteroatoms. The van der Waals surface area contributed by atoms with Crippen molar-refractivity contribution in [1.29, 1.82) is 0 Å². The van der Waals surface area contributed by atoms with Gasteiger partial charge in [-0.2, -0.15) is 5.10 Å². The fourth-order valence-corrected chi connectivity index (χ4v) is 3.26. The molecule has 0 saturated carbocycles. The van der Waals surface area contributed by atoms with Gasteiger partial charge in [-0.15, -0.1) is 0 Å². The minimum Gasteiger partial charge on any atom is -0.338 e. The maximum Gasteiger partial charge on any atom is 0.255 e. The number of hydrogen-bond acceptors (Lipinski definition) is 4. The van der Waals surface area contributed by atoms with E-state index < -0.39 is 0 Å². The molecule has 3 aromatic rings. The molecule has 1 N–H and O–H groups in total. The Balaban J connectivity index is 1.58. The molecular formula is C19H18FN5O2. The van der Waals surface area contributed by atoms with Crippen LogP contribution >= 0.6 is 0 Å². The zero-order valence-electron chi connectivity index (χ0n) is 14.8. The molecule has 1 amide bonds. The maximum absolute atomic E-state index is 13.2. The standard InChI is InChI=1S/C19H18FN5O2/c1-12-21-17(23-22-12)9-18(26)24-7-6-13-8-19(27)25(11-14(13)10-24)16-4-2-15(20)3-5-16/h2-5,8,11H,6-7,9-10H2,1H3,(H,21,22,23). The van der Waals surface area contributed by atoms with Crippen molar-refractivity contribution in [3.05, 3.63) is 75.5 Å². The molecular weight excluding hydrogens is 349 g/mol. The zero-order valence-corrected chi connectivity index (χ0v) is 14.8. The number of hydrogen-bond donors (Lipinski definition) is 1. The first kappa shape index (κ1) is 17.1. The Morgan fingerprint density at radius 3 is 2.74 bits per heavy atom. The number of carbonyl (C=O) groups excluding carboxylic acids is 1. The second kappa shape index (κ2) is 6.79. The molecule has 0 atom stereocenters. The highest BCUT2D eigenvalue weighted by molar-refractivity contribution is 5.78. The van der Waals surface area contributed by atoms with Gasteiger partial charge < -0.3 is 4.90 Å². The van der Waals surface area contributed by atoms with Gasteiger partial charge in [-0.25, -0.2) is 9.37 Å². The average Bonchev–Trinajstić information content (AvgIpc) is 3.06. The Kier molecular flexibility index (Phi) is 4.31.